The van der Waals surface area contributed by atoms with Gasteiger partial charge in [0.1, 0.15) is 0 Å². The van der Waals surface area contributed by atoms with E-state index in [2.05, 4.69) is 13.5 Å². The third-order valence-electron chi connectivity index (χ3n) is 2.37. The van der Waals surface area contributed by atoms with Gasteiger partial charge in [0.2, 0.25) is 0 Å². The second kappa shape index (κ2) is 6.70. The van der Waals surface area contributed by atoms with Crippen molar-refractivity contribution >= 4 is 5.90 Å². The molecule has 2 nitrogen and oxygen atoms in total. The molecule has 0 aliphatic heterocycles. The lowest BCUT2D eigenvalue weighted by molar-refractivity contribution is 0.356. The molecule has 0 aromatic heterocycles. The van der Waals surface area contributed by atoms with Crippen LogP contribution in [-0.2, 0) is 4.74 Å². The normalized spacial score (nSPS) is 14.7. The Morgan fingerprint density at radius 2 is 2.08 bits per heavy atom. The fourth-order valence-corrected chi connectivity index (χ4v) is 1.20. The van der Waals surface area contributed by atoms with E-state index in [0.717, 1.165) is 19.3 Å². The molecular weight excluding hydrogens is 162 g/mol. The van der Waals surface area contributed by atoms with Crippen molar-refractivity contribution in [1.29, 1.82) is 5.41 Å². The fourth-order valence-electron chi connectivity index (χ4n) is 1.20. The van der Waals surface area contributed by atoms with E-state index >= 15 is 0 Å². The van der Waals surface area contributed by atoms with Gasteiger partial charge in [-0.2, -0.15) is 0 Å². The van der Waals surface area contributed by atoms with Gasteiger partial charge < -0.3 is 4.74 Å². The summed E-state index contributed by atoms with van der Waals surface area (Å²) >= 11 is 0. The Bertz CT molecular complexity index is 165. The minimum atomic E-state index is 0.252. The average Bonchev–Trinajstić information content (AvgIpc) is 2.15. The molecule has 2 unspecified atom stereocenters. The Morgan fingerprint density at radius 1 is 1.46 bits per heavy atom. The highest BCUT2D eigenvalue weighted by Crippen LogP contribution is 2.14. The summed E-state index contributed by atoms with van der Waals surface area (Å²) in [5.41, 5.74) is 0. The molecule has 2 atom stereocenters. The maximum Gasteiger partial charge on any atom is 0.182 e. The van der Waals surface area contributed by atoms with Crippen LogP contribution in [0.2, 0.25) is 0 Å². The predicted molar refractivity (Wildman–Crippen MR) is 57.1 cm³/mol. The van der Waals surface area contributed by atoms with E-state index in [1.165, 1.54) is 0 Å². The molecule has 0 rings (SSSR count). The van der Waals surface area contributed by atoms with Crippen molar-refractivity contribution in [3.8, 4) is 0 Å². The van der Waals surface area contributed by atoms with Crippen LogP contribution in [0.5, 0.6) is 0 Å². The van der Waals surface area contributed by atoms with Crippen LogP contribution in [0.25, 0.3) is 0 Å². The van der Waals surface area contributed by atoms with Crippen LogP contribution in [0, 0.1) is 17.2 Å². The molecule has 2 heteroatoms. The fraction of sp³-hybridized carbons (Fsp3) is 0.727. The standard InChI is InChI=1S/C11H21NO/c1-5-9(2)7-6-8-10(3)11(12)13-4/h5,9-10,12H,1,6-8H2,2-4H3. The van der Waals surface area contributed by atoms with E-state index in [1.807, 2.05) is 13.0 Å². The van der Waals surface area contributed by atoms with E-state index in [1.54, 1.807) is 7.11 Å². The minimum Gasteiger partial charge on any atom is -0.484 e. The lowest BCUT2D eigenvalue weighted by Crippen LogP contribution is -2.11. The smallest absolute Gasteiger partial charge is 0.182 e. The highest BCUT2D eigenvalue weighted by atomic mass is 16.5. The maximum atomic E-state index is 7.43. The van der Waals surface area contributed by atoms with Gasteiger partial charge in [-0.05, 0) is 18.8 Å². The van der Waals surface area contributed by atoms with Gasteiger partial charge in [-0.3, -0.25) is 5.41 Å². The van der Waals surface area contributed by atoms with Gasteiger partial charge in [0.15, 0.2) is 5.90 Å². The van der Waals surface area contributed by atoms with Crippen molar-refractivity contribution < 1.29 is 4.74 Å². The van der Waals surface area contributed by atoms with E-state index in [9.17, 15) is 0 Å². The van der Waals surface area contributed by atoms with Crippen LogP contribution in [0.4, 0.5) is 0 Å². The Labute approximate surface area is 81.5 Å². The molecule has 0 radical (unpaired) electrons. The average molecular weight is 183 g/mol. The molecular formula is C11H21NO. The first-order valence-corrected chi connectivity index (χ1v) is 4.86. The SMILES string of the molecule is C=CC(C)CCCC(C)C(=N)OC. The molecule has 0 aromatic carbocycles. The predicted octanol–water partition coefficient (Wildman–Crippen LogP) is 3.24. The van der Waals surface area contributed by atoms with E-state index < -0.39 is 0 Å². The molecule has 0 aliphatic carbocycles. The summed E-state index contributed by atoms with van der Waals surface area (Å²) < 4.78 is 4.86. The molecule has 1 N–H and O–H groups in total. The summed E-state index contributed by atoms with van der Waals surface area (Å²) in [7, 11) is 1.56. The van der Waals surface area contributed by atoms with E-state index in [4.69, 9.17) is 10.1 Å². The molecule has 0 amide bonds. The van der Waals surface area contributed by atoms with Crippen LogP contribution in [-0.4, -0.2) is 13.0 Å². The maximum absolute atomic E-state index is 7.43. The topological polar surface area (TPSA) is 33.1 Å². The zero-order valence-electron chi connectivity index (χ0n) is 8.97. The lowest BCUT2D eigenvalue weighted by atomic mass is 9.99. The summed E-state index contributed by atoms with van der Waals surface area (Å²) in [6, 6.07) is 0. The molecule has 0 bridgehead atoms. The third kappa shape index (κ3) is 5.45. The van der Waals surface area contributed by atoms with Crippen LogP contribution in [0.1, 0.15) is 33.1 Å². The number of hydrogen-bond donors (Lipinski definition) is 1. The first-order valence-electron chi connectivity index (χ1n) is 4.86. The van der Waals surface area contributed by atoms with Crippen LogP contribution in [0.3, 0.4) is 0 Å². The van der Waals surface area contributed by atoms with Gasteiger partial charge in [0.25, 0.3) is 0 Å². The summed E-state index contributed by atoms with van der Waals surface area (Å²) in [4.78, 5) is 0. The van der Waals surface area contributed by atoms with Crippen molar-refractivity contribution in [2.75, 3.05) is 7.11 Å². The highest BCUT2D eigenvalue weighted by molar-refractivity contribution is 5.74. The second-order valence-electron chi connectivity index (χ2n) is 3.61. The van der Waals surface area contributed by atoms with Crippen LogP contribution in [0.15, 0.2) is 12.7 Å². The number of methoxy groups -OCH3 is 1. The summed E-state index contributed by atoms with van der Waals surface area (Å²) in [5, 5.41) is 7.43. The molecule has 0 saturated carbocycles. The minimum absolute atomic E-state index is 0.252. The van der Waals surface area contributed by atoms with Gasteiger partial charge in [0.05, 0.1) is 7.11 Å². The zero-order valence-corrected chi connectivity index (χ0v) is 8.97. The van der Waals surface area contributed by atoms with Crippen molar-refractivity contribution in [3.63, 3.8) is 0 Å². The molecule has 0 aliphatic rings. The molecule has 0 fully saturated rings. The quantitative estimate of drug-likeness (QED) is 0.383. The molecule has 0 aromatic rings. The summed E-state index contributed by atoms with van der Waals surface area (Å²) in [6.45, 7) is 7.94. The van der Waals surface area contributed by atoms with Crippen molar-refractivity contribution in [2.24, 2.45) is 11.8 Å². The van der Waals surface area contributed by atoms with Gasteiger partial charge >= 0.3 is 0 Å². The van der Waals surface area contributed by atoms with Gasteiger partial charge in [0, 0.05) is 5.92 Å². The zero-order chi connectivity index (χ0) is 10.3. The summed E-state index contributed by atoms with van der Waals surface area (Å²) in [6.07, 6.45) is 5.31. The van der Waals surface area contributed by atoms with Crippen molar-refractivity contribution in [2.45, 2.75) is 33.1 Å². The highest BCUT2D eigenvalue weighted by Gasteiger charge is 2.08. The molecule has 76 valence electrons. The summed E-state index contributed by atoms with van der Waals surface area (Å²) in [5.74, 6) is 1.23. The van der Waals surface area contributed by atoms with Gasteiger partial charge in [-0.15, -0.1) is 6.58 Å². The van der Waals surface area contributed by atoms with E-state index in [-0.39, 0.29) is 5.92 Å². The molecule has 13 heavy (non-hydrogen) atoms. The molecule has 0 heterocycles. The lowest BCUT2D eigenvalue weighted by Gasteiger charge is -2.12. The Morgan fingerprint density at radius 3 is 2.54 bits per heavy atom. The first kappa shape index (κ1) is 12.2. The number of hydrogen-bond acceptors (Lipinski definition) is 2. The molecule has 0 saturated heterocycles. The largest absolute Gasteiger partial charge is 0.484 e. The number of rotatable bonds is 6. The van der Waals surface area contributed by atoms with Gasteiger partial charge in [-0.25, -0.2) is 0 Å². The number of ether oxygens (including phenoxy) is 1. The number of nitrogens with one attached hydrogen (secondary N) is 1. The Balaban J connectivity index is 3.52. The molecule has 0 spiro atoms. The Kier molecular flexibility index (Phi) is 6.29. The van der Waals surface area contributed by atoms with Gasteiger partial charge in [-0.1, -0.05) is 26.3 Å². The van der Waals surface area contributed by atoms with Crippen LogP contribution >= 0.6 is 0 Å². The monoisotopic (exact) mass is 183 g/mol. The second-order valence-corrected chi connectivity index (χ2v) is 3.61. The number of allylic oxidation sites excluding steroid dienone is 1. The van der Waals surface area contributed by atoms with Crippen molar-refractivity contribution in [1.82, 2.24) is 0 Å². The van der Waals surface area contributed by atoms with E-state index in [0.29, 0.717) is 11.8 Å². The van der Waals surface area contributed by atoms with Crippen molar-refractivity contribution in [3.05, 3.63) is 12.7 Å². The van der Waals surface area contributed by atoms with Crippen LogP contribution < -0.4 is 0 Å². The Hall–Kier alpha value is -0.790. The first-order chi connectivity index (χ1) is 6.11. The third-order valence-corrected chi connectivity index (χ3v) is 2.37.